The Kier molecular flexibility index (Phi) is 10.0. The second-order valence-electron chi connectivity index (χ2n) is 12.0. The Morgan fingerprint density at radius 3 is 2.11 bits per heavy atom. The summed E-state index contributed by atoms with van der Waals surface area (Å²) in [5.74, 6) is -0.00395. The average molecular weight is 655 g/mol. The first kappa shape index (κ1) is 32.2. The minimum Gasteiger partial charge on any atom is -0.497 e. The zero-order valence-electron chi connectivity index (χ0n) is 26.2. The molecule has 1 fully saturated rings. The van der Waals surface area contributed by atoms with Crippen LogP contribution in [0.15, 0.2) is 108 Å². The van der Waals surface area contributed by atoms with Gasteiger partial charge in [0, 0.05) is 28.8 Å². The van der Waals surface area contributed by atoms with Crippen molar-refractivity contribution >= 4 is 40.9 Å². The van der Waals surface area contributed by atoms with E-state index in [0.717, 1.165) is 55.0 Å². The lowest BCUT2D eigenvalue weighted by atomic mass is 9.68. The number of rotatable bonds is 9. The number of hydrogen-bond acceptors (Lipinski definition) is 6. The van der Waals surface area contributed by atoms with Crippen LogP contribution >= 0.6 is 23.4 Å². The average Bonchev–Trinajstić information content (AvgIpc) is 3.19. The largest absolute Gasteiger partial charge is 0.497 e. The maximum Gasteiger partial charge on any atom is 0.303 e. The third-order valence-corrected chi connectivity index (χ3v) is 10.8. The first-order valence-corrected chi connectivity index (χ1v) is 17.1. The van der Waals surface area contributed by atoms with E-state index in [-0.39, 0.29) is 11.3 Å². The second kappa shape index (κ2) is 14.3. The van der Waals surface area contributed by atoms with Gasteiger partial charge in [-0.1, -0.05) is 84.4 Å². The minimum absolute atomic E-state index is 0.0110. The number of benzene rings is 4. The van der Waals surface area contributed by atoms with Crippen molar-refractivity contribution < 1.29 is 19.1 Å². The molecule has 0 bridgehead atoms. The number of carbonyl (C=O) groups excluding carboxylic acids is 2. The topological polar surface area (TPSA) is 59.1 Å². The third kappa shape index (κ3) is 6.82. The fourth-order valence-electron chi connectivity index (χ4n) is 6.83. The summed E-state index contributed by atoms with van der Waals surface area (Å²) in [4.78, 5) is 31.8. The Morgan fingerprint density at radius 1 is 0.891 bits per heavy atom. The van der Waals surface area contributed by atoms with Crippen LogP contribution in [0.3, 0.4) is 0 Å². The highest BCUT2D eigenvalue weighted by Gasteiger charge is 2.41. The van der Waals surface area contributed by atoms with Gasteiger partial charge in [-0.2, -0.15) is 0 Å². The Hall–Kier alpha value is -3.78. The fourth-order valence-corrected chi connectivity index (χ4v) is 8.43. The first-order chi connectivity index (χ1) is 22.4. The van der Waals surface area contributed by atoms with Crippen molar-refractivity contribution in [2.45, 2.75) is 47.9 Å². The number of esters is 1. The van der Waals surface area contributed by atoms with E-state index in [1.807, 2.05) is 42.5 Å². The molecule has 1 amide bonds. The lowest BCUT2D eigenvalue weighted by Gasteiger charge is -2.43. The highest BCUT2D eigenvalue weighted by molar-refractivity contribution is 7.99. The molecule has 0 N–H and O–H groups in total. The van der Waals surface area contributed by atoms with Crippen LogP contribution in [0.2, 0.25) is 5.02 Å². The van der Waals surface area contributed by atoms with Crippen molar-refractivity contribution in [1.82, 2.24) is 4.90 Å². The molecule has 2 aliphatic rings. The van der Waals surface area contributed by atoms with Crippen molar-refractivity contribution in [3.05, 3.63) is 125 Å². The number of likely N-dealkylation sites (tertiary alicyclic amines) is 1. The molecule has 1 saturated heterocycles. The van der Waals surface area contributed by atoms with E-state index >= 15 is 0 Å². The van der Waals surface area contributed by atoms with Crippen LogP contribution in [0.1, 0.15) is 48.1 Å². The van der Waals surface area contributed by atoms with E-state index in [1.54, 1.807) is 12.0 Å². The summed E-state index contributed by atoms with van der Waals surface area (Å²) in [7, 11) is 1.61. The summed E-state index contributed by atoms with van der Waals surface area (Å²) in [6.07, 6.45) is 1.84. The van der Waals surface area contributed by atoms with Gasteiger partial charge < -0.3 is 19.3 Å². The number of hydrogen-bond donors (Lipinski definition) is 0. The molecule has 0 aromatic heterocycles. The molecule has 0 spiro atoms. The molecule has 0 radical (unpaired) electrons. The van der Waals surface area contributed by atoms with Gasteiger partial charge in [-0.15, -0.1) is 11.8 Å². The van der Waals surface area contributed by atoms with E-state index in [4.69, 9.17) is 21.1 Å². The van der Waals surface area contributed by atoms with Crippen molar-refractivity contribution in [1.29, 1.82) is 0 Å². The molecule has 6 nitrogen and oxygen atoms in total. The number of methoxy groups -OCH3 is 1. The van der Waals surface area contributed by atoms with Crippen molar-refractivity contribution in [2.75, 3.05) is 38.2 Å². The number of carbonyl (C=O) groups is 2. The van der Waals surface area contributed by atoms with Crippen LogP contribution in [-0.2, 0) is 19.7 Å². The predicted molar refractivity (Wildman–Crippen MR) is 185 cm³/mol. The van der Waals surface area contributed by atoms with E-state index in [9.17, 15) is 9.59 Å². The van der Waals surface area contributed by atoms with Crippen molar-refractivity contribution in [3.8, 4) is 5.75 Å². The van der Waals surface area contributed by atoms with Gasteiger partial charge in [0.2, 0.25) is 0 Å². The fraction of sp³-hybridized carbons (Fsp3) is 0.316. The molecule has 0 aliphatic carbocycles. The molecule has 2 atom stereocenters. The maximum atomic E-state index is 14.3. The molecule has 2 aliphatic heterocycles. The molecule has 8 heteroatoms. The van der Waals surface area contributed by atoms with Gasteiger partial charge in [-0.3, -0.25) is 9.59 Å². The molecule has 46 heavy (non-hydrogen) atoms. The highest BCUT2D eigenvalue weighted by Crippen LogP contribution is 2.48. The molecule has 4 aromatic carbocycles. The molecule has 0 saturated carbocycles. The first-order valence-electron chi connectivity index (χ1n) is 15.8. The summed E-state index contributed by atoms with van der Waals surface area (Å²) < 4.78 is 11.1. The number of fused-ring (bicyclic) bond motifs is 1. The second-order valence-corrected chi connectivity index (χ2v) is 13.6. The van der Waals surface area contributed by atoms with Gasteiger partial charge in [0.1, 0.15) is 5.75 Å². The van der Waals surface area contributed by atoms with Gasteiger partial charge >= 0.3 is 5.97 Å². The van der Waals surface area contributed by atoms with E-state index in [2.05, 4.69) is 65.6 Å². The zero-order chi connectivity index (χ0) is 32.1. The number of anilines is 1. The number of ether oxygens (including phenoxy) is 2. The smallest absolute Gasteiger partial charge is 0.303 e. The number of halogens is 1. The monoisotopic (exact) mass is 654 g/mol. The van der Waals surface area contributed by atoms with Crippen LogP contribution in [0.4, 0.5) is 5.69 Å². The van der Waals surface area contributed by atoms with Crippen molar-refractivity contribution in [2.24, 2.45) is 0 Å². The van der Waals surface area contributed by atoms with Gasteiger partial charge in [-0.25, -0.2) is 0 Å². The lowest BCUT2D eigenvalue weighted by molar-refractivity contribution is -0.152. The number of nitrogens with zero attached hydrogens (tertiary/aromatic N) is 2. The van der Waals surface area contributed by atoms with Gasteiger partial charge in [0.25, 0.3) is 5.91 Å². The highest BCUT2D eigenvalue weighted by atomic mass is 35.5. The SMILES string of the molecule is COc1ccc(C2Sc3cc(Cl)ccc3N(CCCN3CCC(c4ccccc4)(c4ccccc4)CC3)C(=O)C2OC(C)=O)cc1. The summed E-state index contributed by atoms with van der Waals surface area (Å²) in [6.45, 7) is 4.65. The molecule has 4 aromatic rings. The zero-order valence-corrected chi connectivity index (χ0v) is 27.8. The Morgan fingerprint density at radius 2 is 1.52 bits per heavy atom. The molecule has 2 unspecified atom stereocenters. The van der Waals surface area contributed by atoms with Gasteiger partial charge in [0.15, 0.2) is 6.10 Å². The summed E-state index contributed by atoms with van der Waals surface area (Å²) in [6, 6.07) is 34.9. The van der Waals surface area contributed by atoms with E-state index < -0.39 is 17.3 Å². The minimum atomic E-state index is -0.991. The van der Waals surface area contributed by atoms with Crippen LogP contribution in [0.5, 0.6) is 5.75 Å². The number of piperidine rings is 1. The maximum absolute atomic E-state index is 14.3. The molecular formula is C38H39ClN2O4S. The quantitative estimate of drug-likeness (QED) is 0.171. The van der Waals surface area contributed by atoms with E-state index in [0.29, 0.717) is 17.3 Å². The van der Waals surface area contributed by atoms with Gasteiger partial charge in [0.05, 0.1) is 18.0 Å². The van der Waals surface area contributed by atoms with Crippen LogP contribution in [0.25, 0.3) is 0 Å². The Labute approximate surface area is 280 Å². The van der Waals surface area contributed by atoms with Crippen LogP contribution < -0.4 is 9.64 Å². The summed E-state index contributed by atoms with van der Waals surface area (Å²) in [5.41, 5.74) is 4.38. The predicted octanol–water partition coefficient (Wildman–Crippen LogP) is 7.93. The Bertz CT molecular complexity index is 1600. The Balaban J connectivity index is 1.20. The third-order valence-electron chi connectivity index (χ3n) is 9.21. The lowest BCUT2D eigenvalue weighted by Crippen LogP contribution is -2.45. The standard InChI is InChI=1S/C38H39ClN2O4S/c1-27(42)45-35-36(28-14-17-32(44-2)18-15-28)46-34-26-31(39)16-19-33(34)41(37(35)43)23-9-22-40-24-20-38(21-25-40,29-10-5-3-6-11-29)30-12-7-4-8-13-30/h3-8,10-19,26,35-36H,9,20-25H2,1-2H3. The molecule has 2 heterocycles. The summed E-state index contributed by atoms with van der Waals surface area (Å²) in [5, 5.41) is 0.141. The van der Waals surface area contributed by atoms with Gasteiger partial charge in [-0.05, 0) is 85.9 Å². The molecule has 238 valence electrons. The van der Waals surface area contributed by atoms with Crippen molar-refractivity contribution in [3.63, 3.8) is 0 Å². The summed E-state index contributed by atoms with van der Waals surface area (Å²) >= 11 is 7.96. The van der Waals surface area contributed by atoms with Crippen LogP contribution in [0, 0.1) is 0 Å². The number of thioether (sulfide) groups is 1. The van der Waals surface area contributed by atoms with Crippen LogP contribution in [-0.4, -0.2) is 56.2 Å². The molecule has 6 rings (SSSR count). The molecular weight excluding hydrogens is 616 g/mol. The number of amides is 1. The normalized spacial score (nSPS) is 19.6. The van der Waals surface area contributed by atoms with E-state index in [1.165, 1.54) is 29.8 Å².